The summed E-state index contributed by atoms with van der Waals surface area (Å²) in [6, 6.07) is 14.5. The van der Waals surface area contributed by atoms with Gasteiger partial charge in [-0.3, -0.25) is 9.59 Å². The van der Waals surface area contributed by atoms with Gasteiger partial charge in [0.1, 0.15) is 17.3 Å². The van der Waals surface area contributed by atoms with Gasteiger partial charge in [0, 0.05) is 4.88 Å². The molecule has 1 aliphatic rings. The zero-order valence-electron chi connectivity index (χ0n) is 14.9. The maximum Gasteiger partial charge on any atom is 0.269 e. The lowest BCUT2D eigenvalue weighted by molar-refractivity contribution is -0.121. The maximum atomic E-state index is 13.3. The number of nitrogens with zero attached hydrogens (tertiary/aromatic N) is 1. The molecule has 0 saturated heterocycles. The Kier molecular flexibility index (Phi) is 4.93. The van der Waals surface area contributed by atoms with Crippen LogP contribution in [0.15, 0.2) is 70.9 Å². The predicted octanol–water partition coefficient (Wildman–Crippen LogP) is 2.94. The van der Waals surface area contributed by atoms with E-state index >= 15 is 0 Å². The highest BCUT2D eigenvalue weighted by atomic mass is 32.2. The molecule has 0 bridgehead atoms. The lowest BCUT2D eigenvalue weighted by Crippen LogP contribution is -2.41. The largest absolute Gasteiger partial charge is 0.343 e. The first kappa shape index (κ1) is 19.3. The van der Waals surface area contributed by atoms with Crippen molar-refractivity contribution in [2.24, 2.45) is 0 Å². The molecule has 0 spiro atoms. The minimum Gasteiger partial charge on any atom is -0.343 e. The molecule has 29 heavy (non-hydrogen) atoms. The molecule has 148 valence electrons. The van der Waals surface area contributed by atoms with Crippen LogP contribution in [0, 0.1) is 5.82 Å². The second-order valence-corrected chi connectivity index (χ2v) is 9.19. The van der Waals surface area contributed by atoms with Crippen LogP contribution in [0.4, 0.5) is 4.39 Å². The molecular weight excluding hydrogens is 415 g/mol. The molecule has 1 unspecified atom stereocenters. The van der Waals surface area contributed by atoms with Crippen molar-refractivity contribution in [2.75, 3.05) is 6.54 Å². The van der Waals surface area contributed by atoms with Gasteiger partial charge in [-0.1, -0.05) is 30.3 Å². The molecule has 4 rings (SSSR count). The Labute approximate surface area is 170 Å². The van der Waals surface area contributed by atoms with Crippen LogP contribution in [0.5, 0.6) is 0 Å². The number of benzene rings is 2. The van der Waals surface area contributed by atoms with E-state index in [1.54, 1.807) is 18.2 Å². The average molecular weight is 430 g/mol. The van der Waals surface area contributed by atoms with E-state index in [1.807, 2.05) is 17.5 Å². The van der Waals surface area contributed by atoms with Crippen molar-refractivity contribution >= 4 is 33.2 Å². The molecule has 3 aromatic rings. The first-order chi connectivity index (χ1) is 13.9. The second-order valence-electron chi connectivity index (χ2n) is 6.38. The van der Waals surface area contributed by atoms with Crippen molar-refractivity contribution in [1.82, 2.24) is 9.62 Å². The smallest absolute Gasteiger partial charge is 0.269 e. The highest BCUT2D eigenvalue weighted by Gasteiger charge is 2.42. The summed E-state index contributed by atoms with van der Waals surface area (Å²) in [6.07, 6.45) is 0. The summed E-state index contributed by atoms with van der Waals surface area (Å²) in [5.41, 5.74) is 0.690. The monoisotopic (exact) mass is 430 g/mol. The number of halogens is 1. The first-order valence-electron chi connectivity index (χ1n) is 8.62. The summed E-state index contributed by atoms with van der Waals surface area (Å²) in [7, 11) is -4.07. The number of thiophene rings is 1. The Morgan fingerprint density at radius 1 is 1.07 bits per heavy atom. The summed E-state index contributed by atoms with van der Waals surface area (Å²) in [4.78, 5) is 25.9. The molecule has 1 N–H and O–H groups in total. The van der Waals surface area contributed by atoms with E-state index < -0.39 is 40.2 Å². The Morgan fingerprint density at radius 3 is 2.45 bits per heavy atom. The van der Waals surface area contributed by atoms with Gasteiger partial charge in [0.2, 0.25) is 5.91 Å². The molecule has 2 aromatic carbocycles. The van der Waals surface area contributed by atoms with Gasteiger partial charge in [0.15, 0.2) is 0 Å². The van der Waals surface area contributed by atoms with Gasteiger partial charge < -0.3 is 5.32 Å². The van der Waals surface area contributed by atoms with Crippen LogP contribution >= 0.6 is 11.3 Å². The van der Waals surface area contributed by atoms with Crippen LogP contribution in [0.1, 0.15) is 26.8 Å². The van der Waals surface area contributed by atoms with Gasteiger partial charge in [-0.2, -0.15) is 0 Å². The average Bonchev–Trinajstić information content (AvgIpc) is 3.30. The number of hydrogen-bond acceptors (Lipinski definition) is 5. The fourth-order valence-electron chi connectivity index (χ4n) is 3.15. The van der Waals surface area contributed by atoms with Crippen LogP contribution in [0.25, 0.3) is 0 Å². The minimum absolute atomic E-state index is 0.0497. The summed E-state index contributed by atoms with van der Waals surface area (Å²) >= 11 is 1.40. The van der Waals surface area contributed by atoms with E-state index in [1.165, 1.54) is 41.7 Å². The van der Waals surface area contributed by atoms with Crippen LogP contribution in [-0.2, 0) is 14.8 Å². The molecular formula is C20H15FN2O4S2. The minimum atomic E-state index is -4.07. The maximum absolute atomic E-state index is 13.3. The summed E-state index contributed by atoms with van der Waals surface area (Å²) in [6.45, 7) is -0.640. The van der Waals surface area contributed by atoms with E-state index in [0.29, 0.717) is 9.87 Å². The lowest BCUT2D eigenvalue weighted by atomic mass is 10.1. The SMILES string of the molecule is O=C(CN1C(=O)c2ccccc2S1(=O)=O)NC(c1ccc(F)cc1)c1cccs1. The van der Waals surface area contributed by atoms with Crippen LogP contribution in [-0.4, -0.2) is 31.1 Å². The van der Waals surface area contributed by atoms with E-state index in [-0.39, 0.29) is 10.5 Å². The van der Waals surface area contributed by atoms with Crippen molar-refractivity contribution in [2.45, 2.75) is 10.9 Å². The van der Waals surface area contributed by atoms with Crippen molar-refractivity contribution in [3.8, 4) is 0 Å². The van der Waals surface area contributed by atoms with Gasteiger partial charge in [0.25, 0.3) is 15.9 Å². The molecule has 6 nitrogen and oxygen atoms in total. The zero-order valence-corrected chi connectivity index (χ0v) is 16.5. The summed E-state index contributed by atoms with van der Waals surface area (Å²) < 4.78 is 39.1. The van der Waals surface area contributed by atoms with Gasteiger partial charge in [0.05, 0.1) is 11.6 Å². The molecule has 0 aliphatic carbocycles. The number of sulfonamides is 1. The van der Waals surface area contributed by atoms with Crippen molar-refractivity contribution in [1.29, 1.82) is 0 Å². The van der Waals surface area contributed by atoms with Crippen molar-refractivity contribution in [3.63, 3.8) is 0 Å². The Balaban J connectivity index is 1.58. The third-order valence-electron chi connectivity index (χ3n) is 4.54. The predicted molar refractivity (Wildman–Crippen MR) is 105 cm³/mol. The number of rotatable bonds is 5. The van der Waals surface area contributed by atoms with Crippen LogP contribution in [0.3, 0.4) is 0 Å². The van der Waals surface area contributed by atoms with E-state index in [9.17, 15) is 22.4 Å². The fourth-order valence-corrected chi connectivity index (χ4v) is 5.48. The number of nitrogens with one attached hydrogen (secondary N) is 1. The molecule has 0 fully saturated rings. The molecule has 0 radical (unpaired) electrons. The first-order valence-corrected chi connectivity index (χ1v) is 10.9. The molecule has 1 aromatic heterocycles. The normalized spacial score (nSPS) is 15.8. The zero-order chi connectivity index (χ0) is 20.6. The number of hydrogen-bond donors (Lipinski definition) is 1. The van der Waals surface area contributed by atoms with Gasteiger partial charge in [-0.05, 0) is 41.3 Å². The topological polar surface area (TPSA) is 83.6 Å². The lowest BCUT2D eigenvalue weighted by Gasteiger charge is -2.20. The molecule has 1 aliphatic heterocycles. The molecule has 1 atom stereocenters. The standard InChI is InChI=1S/C20H15FN2O4S2/c21-14-9-7-13(8-10-14)19(16-5-3-11-28-16)22-18(24)12-23-20(25)15-4-1-2-6-17(15)29(23,26)27/h1-11,19H,12H2,(H,22,24). The van der Waals surface area contributed by atoms with Crippen molar-refractivity contribution < 1.29 is 22.4 Å². The number of amides is 2. The van der Waals surface area contributed by atoms with E-state index in [4.69, 9.17) is 0 Å². The van der Waals surface area contributed by atoms with Crippen LogP contribution in [0.2, 0.25) is 0 Å². The highest BCUT2D eigenvalue weighted by molar-refractivity contribution is 7.90. The van der Waals surface area contributed by atoms with E-state index in [2.05, 4.69) is 5.32 Å². The van der Waals surface area contributed by atoms with E-state index in [0.717, 1.165) is 4.88 Å². The Bertz CT molecular complexity index is 1180. The molecule has 2 heterocycles. The number of carbonyl (C=O) groups is 2. The molecule has 2 amide bonds. The van der Waals surface area contributed by atoms with Gasteiger partial charge >= 0.3 is 0 Å². The van der Waals surface area contributed by atoms with Crippen LogP contribution < -0.4 is 5.32 Å². The summed E-state index contributed by atoms with van der Waals surface area (Å²) in [5, 5.41) is 4.59. The Morgan fingerprint density at radius 2 is 1.79 bits per heavy atom. The third-order valence-corrected chi connectivity index (χ3v) is 7.26. The molecule has 9 heteroatoms. The number of fused-ring (bicyclic) bond motifs is 1. The second kappa shape index (κ2) is 7.41. The highest BCUT2D eigenvalue weighted by Crippen LogP contribution is 2.30. The summed E-state index contributed by atoms with van der Waals surface area (Å²) in [5.74, 6) is -1.78. The molecule has 0 saturated carbocycles. The van der Waals surface area contributed by atoms with Crippen molar-refractivity contribution in [3.05, 3.63) is 87.9 Å². The third kappa shape index (κ3) is 3.54. The Hall–Kier alpha value is -3.04. The fraction of sp³-hybridized carbons (Fsp3) is 0.100. The van der Waals surface area contributed by atoms with Gasteiger partial charge in [-0.25, -0.2) is 17.1 Å². The quantitative estimate of drug-likeness (QED) is 0.675. The van der Waals surface area contributed by atoms with Gasteiger partial charge in [-0.15, -0.1) is 11.3 Å². The number of carbonyl (C=O) groups excluding carboxylic acids is 2.